The molecular formula is C11H11BrFN3. The number of imidazole rings is 1. The van der Waals surface area contributed by atoms with Crippen LogP contribution in [0.2, 0.25) is 0 Å². The van der Waals surface area contributed by atoms with Gasteiger partial charge in [0.2, 0.25) is 0 Å². The van der Waals surface area contributed by atoms with Crippen LogP contribution in [0.5, 0.6) is 0 Å². The number of rotatable bonds is 3. The Bertz CT molecular complexity index is 496. The standard InChI is InChI=1S/C11H11BrFN3/c1-14-6-11-15-5-10(16-11)7-2-3-9(13)8(12)4-7/h2-5,14H,6H2,1H3,(H,15,16). The molecule has 0 saturated heterocycles. The van der Waals surface area contributed by atoms with Gasteiger partial charge < -0.3 is 10.3 Å². The van der Waals surface area contributed by atoms with Gasteiger partial charge in [-0.15, -0.1) is 0 Å². The van der Waals surface area contributed by atoms with Gasteiger partial charge in [-0.25, -0.2) is 9.37 Å². The Balaban J connectivity index is 2.31. The second-order valence-corrected chi connectivity index (χ2v) is 4.26. The zero-order valence-electron chi connectivity index (χ0n) is 8.72. The smallest absolute Gasteiger partial charge is 0.137 e. The highest BCUT2D eigenvalue weighted by molar-refractivity contribution is 9.10. The van der Waals surface area contributed by atoms with Gasteiger partial charge in [0, 0.05) is 5.56 Å². The molecule has 0 fully saturated rings. The van der Waals surface area contributed by atoms with Gasteiger partial charge >= 0.3 is 0 Å². The van der Waals surface area contributed by atoms with E-state index in [0.717, 1.165) is 17.1 Å². The Morgan fingerprint density at radius 2 is 2.31 bits per heavy atom. The van der Waals surface area contributed by atoms with E-state index in [4.69, 9.17) is 0 Å². The summed E-state index contributed by atoms with van der Waals surface area (Å²) in [5, 5.41) is 3.01. The molecule has 0 aliphatic heterocycles. The Labute approximate surface area is 101 Å². The highest BCUT2D eigenvalue weighted by Crippen LogP contribution is 2.23. The zero-order valence-corrected chi connectivity index (χ0v) is 10.3. The fraction of sp³-hybridized carbons (Fsp3) is 0.182. The Kier molecular flexibility index (Phi) is 3.36. The van der Waals surface area contributed by atoms with Gasteiger partial charge in [-0.1, -0.05) is 0 Å². The SMILES string of the molecule is CNCc1ncc(-c2ccc(F)c(Br)c2)[nH]1. The molecule has 2 N–H and O–H groups in total. The monoisotopic (exact) mass is 283 g/mol. The lowest BCUT2D eigenvalue weighted by atomic mass is 10.2. The lowest BCUT2D eigenvalue weighted by Crippen LogP contribution is -2.06. The average molecular weight is 284 g/mol. The zero-order chi connectivity index (χ0) is 11.5. The Hall–Kier alpha value is -1.20. The molecular weight excluding hydrogens is 273 g/mol. The first-order chi connectivity index (χ1) is 7.70. The second-order valence-electron chi connectivity index (χ2n) is 3.40. The van der Waals surface area contributed by atoms with Crippen molar-refractivity contribution in [3.8, 4) is 11.3 Å². The topological polar surface area (TPSA) is 40.7 Å². The summed E-state index contributed by atoms with van der Waals surface area (Å²) in [6, 6.07) is 4.88. The minimum Gasteiger partial charge on any atom is -0.341 e. The Morgan fingerprint density at radius 1 is 1.50 bits per heavy atom. The third-order valence-corrected chi connectivity index (χ3v) is 2.81. The molecule has 2 aromatic rings. The lowest BCUT2D eigenvalue weighted by Gasteiger charge is -1.99. The van der Waals surface area contributed by atoms with Crippen LogP contribution in [0.25, 0.3) is 11.3 Å². The first-order valence-corrected chi connectivity index (χ1v) is 5.64. The van der Waals surface area contributed by atoms with Crippen molar-refractivity contribution in [2.75, 3.05) is 7.05 Å². The van der Waals surface area contributed by atoms with Gasteiger partial charge in [-0.3, -0.25) is 0 Å². The number of hydrogen-bond donors (Lipinski definition) is 2. The summed E-state index contributed by atoms with van der Waals surface area (Å²) in [7, 11) is 1.86. The van der Waals surface area contributed by atoms with Gasteiger partial charge in [-0.05, 0) is 41.2 Å². The van der Waals surface area contributed by atoms with Crippen LogP contribution >= 0.6 is 15.9 Å². The van der Waals surface area contributed by atoms with Gasteiger partial charge in [0.1, 0.15) is 11.6 Å². The molecule has 0 bridgehead atoms. The molecule has 0 aliphatic carbocycles. The quantitative estimate of drug-likeness (QED) is 0.909. The molecule has 1 heterocycles. The summed E-state index contributed by atoms with van der Waals surface area (Å²) >= 11 is 3.16. The summed E-state index contributed by atoms with van der Waals surface area (Å²) < 4.78 is 13.5. The highest BCUT2D eigenvalue weighted by Gasteiger charge is 2.05. The third kappa shape index (κ3) is 2.31. The molecule has 0 aliphatic rings. The van der Waals surface area contributed by atoms with Crippen molar-refractivity contribution in [1.29, 1.82) is 0 Å². The lowest BCUT2D eigenvalue weighted by molar-refractivity contribution is 0.621. The molecule has 3 nitrogen and oxygen atoms in total. The fourth-order valence-corrected chi connectivity index (χ4v) is 1.81. The summed E-state index contributed by atoms with van der Waals surface area (Å²) in [5.74, 6) is 0.594. The summed E-state index contributed by atoms with van der Waals surface area (Å²) in [4.78, 5) is 7.37. The van der Waals surface area contributed by atoms with E-state index in [-0.39, 0.29) is 5.82 Å². The number of hydrogen-bond acceptors (Lipinski definition) is 2. The van der Waals surface area contributed by atoms with Crippen molar-refractivity contribution in [2.24, 2.45) is 0 Å². The second kappa shape index (κ2) is 4.76. The van der Waals surface area contributed by atoms with E-state index >= 15 is 0 Å². The van der Waals surface area contributed by atoms with Crippen LogP contribution in [0.1, 0.15) is 5.82 Å². The molecule has 84 valence electrons. The maximum Gasteiger partial charge on any atom is 0.137 e. The largest absolute Gasteiger partial charge is 0.341 e. The summed E-state index contributed by atoms with van der Waals surface area (Å²) in [6.07, 6.45) is 1.74. The maximum atomic E-state index is 13.1. The molecule has 0 unspecified atom stereocenters. The number of aromatic nitrogens is 2. The van der Waals surface area contributed by atoms with Crippen LogP contribution in [-0.4, -0.2) is 17.0 Å². The van der Waals surface area contributed by atoms with Gasteiger partial charge in [0.15, 0.2) is 0 Å². The molecule has 1 aromatic heterocycles. The molecule has 0 spiro atoms. The van der Waals surface area contributed by atoms with Crippen LogP contribution in [0.3, 0.4) is 0 Å². The van der Waals surface area contributed by atoms with Crippen molar-refractivity contribution in [3.05, 3.63) is 40.5 Å². The first-order valence-electron chi connectivity index (χ1n) is 4.84. The average Bonchev–Trinajstić information content (AvgIpc) is 2.71. The van der Waals surface area contributed by atoms with E-state index < -0.39 is 0 Å². The predicted octanol–water partition coefficient (Wildman–Crippen LogP) is 2.70. The van der Waals surface area contributed by atoms with Gasteiger partial charge in [0.05, 0.1) is 22.9 Å². The van der Waals surface area contributed by atoms with Crippen molar-refractivity contribution < 1.29 is 4.39 Å². The molecule has 16 heavy (non-hydrogen) atoms. The minimum absolute atomic E-state index is 0.265. The van der Waals surface area contributed by atoms with E-state index in [1.54, 1.807) is 18.3 Å². The van der Waals surface area contributed by atoms with E-state index in [1.165, 1.54) is 6.07 Å². The van der Waals surface area contributed by atoms with Gasteiger partial charge in [-0.2, -0.15) is 0 Å². The molecule has 2 rings (SSSR count). The number of nitrogens with one attached hydrogen (secondary N) is 2. The van der Waals surface area contributed by atoms with Crippen molar-refractivity contribution in [2.45, 2.75) is 6.54 Å². The van der Waals surface area contributed by atoms with E-state index in [9.17, 15) is 4.39 Å². The number of halogens is 2. The molecule has 1 aromatic carbocycles. The normalized spacial score (nSPS) is 10.7. The van der Waals surface area contributed by atoms with Gasteiger partial charge in [0.25, 0.3) is 0 Å². The first kappa shape index (κ1) is 11.3. The predicted molar refractivity (Wildman–Crippen MR) is 64.4 cm³/mol. The van der Waals surface area contributed by atoms with Crippen molar-refractivity contribution >= 4 is 15.9 Å². The van der Waals surface area contributed by atoms with Crippen LogP contribution in [0, 0.1) is 5.82 Å². The highest BCUT2D eigenvalue weighted by atomic mass is 79.9. The minimum atomic E-state index is -0.265. The van der Waals surface area contributed by atoms with Crippen molar-refractivity contribution in [3.63, 3.8) is 0 Å². The summed E-state index contributed by atoms with van der Waals surface area (Å²) in [6.45, 7) is 0.683. The fourth-order valence-electron chi connectivity index (χ4n) is 1.43. The summed E-state index contributed by atoms with van der Waals surface area (Å²) in [5.41, 5.74) is 1.79. The molecule has 0 saturated carbocycles. The van der Waals surface area contributed by atoms with Crippen LogP contribution in [-0.2, 0) is 6.54 Å². The van der Waals surface area contributed by atoms with Crippen LogP contribution < -0.4 is 5.32 Å². The number of benzene rings is 1. The van der Waals surface area contributed by atoms with Crippen LogP contribution in [0.15, 0.2) is 28.9 Å². The molecule has 0 amide bonds. The van der Waals surface area contributed by atoms with E-state index in [1.807, 2.05) is 7.05 Å². The van der Waals surface area contributed by atoms with E-state index in [2.05, 4.69) is 31.2 Å². The number of nitrogens with zero attached hydrogens (tertiary/aromatic N) is 1. The third-order valence-electron chi connectivity index (χ3n) is 2.20. The van der Waals surface area contributed by atoms with Crippen LogP contribution in [0.4, 0.5) is 4.39 Å². The molecule has 0 atom stereocenters. The van der Waals surface area contributed by atoms with Crippen molar-refractivity contribution in [1.82, 2.24) is 15.3 Å². The number of aromatic amines is 1. The number of H-pyrrole nitrogens is 1. The Morgan fingerprint density at radius 3 is 3.00 bits per heavy atom. The molecule has 5 heteroatoms. The van der Waals surface area contributed by atoms with E-state index in [0.29, 0.717) is 11.0 Å². The maximum absolute atomic E-state index is 13.1. The molecule has 0 radical (unpaired) electrons.